The largest absolute Gasteiger partial charge is 0.464 e. The first-order valence-corrected chi connectivity index (χ1v) is 9.27. The lowest BCUT2D eigenvalue weighted by Gasteiger charge is -2.14. The van der Waals surface area contributed by atoms with Crippen LogP contribution in [0.3, 0.4) is 0 Å². The van der Waals surface area contributed by atoms with Crippen molar-refractivity contribution in [1.29, 1.82) is 0 Å². The lowest BCUT2D eigenvalue weighted by atomic mass is 10.2. The number of thiophene rings is 2. The molecule has 7 heteroatoms. The molecule has 0 aromatic carbocycles. The van der Waals surface area contributed by atoms with Crippen molar-refractivity contribution in [3.8, 4) is 11.3 Å². The van der Waals surface area contributed by atoms with E-state index >= 15 is 0 Å². The van der Waals surface area contributed by atoms with Crippen LogP contribution in [-0.2, 0) is 13.1 Å². The van der Waals surface area contributed by atoms with Gasteiger partial charge in [-0.3, -0.25) is 9.69 Å². The smallest absolute Gasteiger partial charge is 0.260 e. The Morgan fingerprint density at radius 2 is 2.21 bits per heavy atom. The van der Waals surface area contributed by atoms with E-state index in [4.69, 9.17) is 4.42 Å². The van der Waals surface area contributed by atoms with Crippen LogP contribution < -0.4 is 5.56 Å². The first-order valence-electron chi connectivity index (χ1n) is 7.44. The zero-order valence-electron chi connectivity index (χ0n) is 13.0. The van der Waals surface area contributed by atoms with E-state index < -0.39 is 0 Å². The number of hydrogen-bond acceptors (Lipinski definition) is 6. The van der Waals surface area contributed by atoms with Gasteiger partial charge >= 0.3 is 0 Å². The Morgan fingerprint density at radius 1 is 1.29 bits per heavy atom. The summed E-state index contributed by atoms with van der Waals surface area (Å²) in [6, 6.07) is 5.77. The molecule has 0 unspecified atom stereocenters. The van der Waals surface area contributed by atoms with Crippen LogP contribution in [0.25, 0.3) is 21.5 Å². The molecule has 4 heterocycles. The summed E-state index contributed by atoms with van der Waals surface area (Å²) in [5.74, 6) is 1.37. The van der Waals surface area contributed by atoms with Crippen LogP contribution in [-0.4, -0.2) is 21.9 Å². The maximum atomic E-state index is 12.5. The van der Waals surface area contributed by atoms with Crippen LogP contribution in [0.2, 0.25) is 0 Å². The third-order valence-electron chi connectivity index (χ3n) is 3.73. The predicted molar refractivity (Wildman–Crippen MR) is 97.4 cm³/mol. The van der Waals surface area contributed by atoms with Gasteiger partial charge < -0.3 is 9.40 Å². The Balaban J connectivity index is 1.63. The molecule has 0 saturated carbocycles. The van der Waals surface area contributed by atoms with Gasteiger partial charge in [-0.15, -0.1) is 11.3 Å². The molecular formula is C17H15N3O2S2. The zero-order chi connectivity index (χ0) is 16.5. The summed E-state index contributed by atoms with van der Waals surface area (Å²) >= 11 is 3.15. The molecule has 0 aliphatic heterocycles. The Morgan fingerprint density at radius 3 is 2.96 bits per heavy atom. The molecule has 122 valence electrons. The lowest BCUT2D eigenvalue weighted by Crippen LogP contribution is -2.21. The van der Waals surface area contributed by atoms with Crippen molar-refractivity contribution in [2.75, 3.05) is 7.05 Å². The molecular weight excluding hydrogens is 342 g/mol. The Kier molecular flexibility index (Phi) is 4.05. The molecule has 0 saturated heterocycles. The molecule has 4 aromatic heterocycles. The average molecular weight is 357 g/mol. The minimum absolute atomic E-state index is 0.119. The van der Waals surface area contributed by atoms with Gasteiger partial charge in [-0.05, 0) is 41.6 Å². The average Bonchev–Trinajstić information content (AvgIpc) is 3.27. The standard InChI is InChI=1S/C17H15N3O2S2/c1-20(7-11-4-6-23-9-11)8-14-18-16(21)15-12(10-24-17(15)19-14)13-3-2-5-22-13/h2-6,9-10H,7-8H2,1H3,(H,18,19,21). The molecule has 0 atom stereocenters. The summed E-state index contributed by atoms with van der Waals surface area (Å²) in [4.78, 5) is 22.9. The normalized spacial score (nSPS) is 11.6. The zero-order valence-corrected chi connectivity index (χ0v) is 14.6. The fraction of sp³-hybridized carbons (Fsp3) is 0.176. The highest BCUT2D eigenvalue weighted by Crippen LogP contribution is 2.30. The van der Waals surface area contributed by atoms with Crippen molar-refractivity contribution in [2.45, 2.75) is 13.1 Å². The van der Waals surface area contributed by atoms with Gasteiger partial charge in [0, 0.05) is 17.5 Å². The van der Waals surface area contributed by atoms with E-state index in [0.29, 0.717) is 23.5 Å². The van der Waals surface area contributed by atoms with Gasteiger partial charge in [0.1, 0.15) is 16.4 Å². The minimum atomic E-state index is -0.119. The number of furan rings is 1. The van der Waals surface area contributed by atoms with E-state index in [1.165, 1.54) is 16.9 Å². The number of aromatic amines is 1. The molecule has 1 N–H and O–H groups in total. The molecule has 0 bridgehead atoms. The third kappa shape index (κ3) is 2.93. The van der Waals surface area contributed by atoms with E-state index in [0.717, 1.165) is 16.9 Å². The summed E-state index contributed by atoms with van der Waals surface area (Å²) in [5, 5.41) is 6.71. The number of nitrogens with zero attached hydrogens (tertiary/aromatic N) is 2. The van der Waals surface area contributed by atoms with Crippen molar-refractivity contribution in [2.24, 2.45) is 0 Å². The number of nitrogens with one attached hydrogen (secondary N) is 1. The van der Waals surface area contributed by atoms with Crippen LogP contribution in [0.5, 0.6) is 0 Å². The van der Waals surface area contributed by atoms with Crippen LogP contribution in [0, 0.1) is 0 Å². The van der Waals surface area contributed by atoms with Crippen LogP contribution in [0.1, 0.15) is 11.4 Å². The maximum Gasteiger partial charge on any atom is 0.260 e. The number of fused-ring (bicyclic) bond motifs is 1. The van der Waals surface area contributed by atoms with Gasteiger partial charge in [0.25, 0.3) is 5.56 Å². The lowest BCUT2D eigenvalue weighted by molar-refractivity contribution is 0.311. The van der Waals surface area contributed by atoms with Crippen molar-refractivity contribution < 1.29 is 4.42 Å². The highest BCUT2D eigenvalue weighted by atomic mass is 32.1. The second-order valence-corrected chi connectivity index (χ2v) is 7.26. The molecule has 0 radical (unpaired) electrons. The van der Waals surface area contributed by atoms with Crippen LogP contribution >= 0.6 is 22.7 Å². The molecule has 4 rings (SSSR count). The van der Waals surface area contributed by atoms with Crippen molar-refractivity contribution in [3.05, 3.63) is 62.3 Å². The quantitative estimate of drug-likeness (QED) is 0.588. The second kappa shape index (κ2) is 6.35. The summed E-state index contributed by atoms with van der Waals surface area (Å²) in [7, 11) is 2.02. The van der Waals surface area contributed by atoms with Gasteiger partial charge in [-0.1, -0.05) is 0 Å². The Bertz CT molecular complexity index is 1000. The van der Waals surface area contributed by atoms with E-state index in [2.05, 4.69) is 31.7 Å². The minimum Gasteiger partial charge on any atom is -0.464 e. The van der Waals surface area contributed by atoms with E-state index in [-0.39, 0.29) is 5.56 Å². The van der Waals surface area contributed by atoms with E-state index in [1.807, 2.05) is 24.6 Å². The number of rotatable bonds is 5. The number of hydrogen-bond donors (Lipinski definition) is 1. The fourth-order valence-electron chi connectivity index (χ4n) is 2.69. The fourth-order valence-corrected chi connectivity index (χ4v) is 4.29. The molecule has 0 aliphatic rings. The summed E-state index contributed by atoms with van der Waals surface area (Å²) < 4.78 is 5.41. The first-order chi connectivity index (χ1) is 11.7. The Hall–Kier alpha value is -2.22. The Labute approximate surface area is 146 Å². The SMILES string of the molecule is CN(Cc1ccsc1)Cc1nc2scc(-c3ccco3)c2c(=O)[nH]1. The highest BCUT2D eigenvalue weighted by molar-refractivity contribution is 7.17. The van der Waals surface area contributed by atoms with Crippen molar-refractivity contribution >= 4 is 32.9 Å². The highest BCUT2D eigenvalue weighted by Gasteiger charge is 2.15. The van der Waals surface area contributed by atoms with Crippen molar-refractivity contribution in [1.82, 2.24) is 14.9 Å². The number of aromatic nitrogens is 2. The maximum absolute atomic E-state index is 12.5. The summed E-state index contributed by atoms with van der Waals surface area (Å²) in [6.07, 6.45) is 1.61. The van der Waals surface area contributed by atoms with Gasteiger partial charge in [0.05, 0.1) is 18.2 Å². The summed E-state index contributed by atoms with van der Waals surface area (Å²) in [5.41, 5.74) is 1.95. The molecule has 0 amide bonds. The molecule has 24 heavy (non-hydrogen) atoms. The molecule has 4 aromatic rings. The van der Waals surface area contributed by atoms with Crippen LogP contribution in [0.4, 0.5) is 0 Å². The predicted octanol–water partition coefficient (Wildman–Crippen LogP) is 3.94. The monoisotopic (exact) mass is 357 g/mol. The molecule has 5 nitrogen and oxygen atoms in total. The topological polar surface area (TPSA) is 62.1 Å². The van der Waals surface area contributed by atoms with Gasteiger partial charge in [0.15, 0.2) is 0 Å². The number of H-pyrrole nitrogens is 1. The first kappa shape index (κ1) is 15.3. The second-order valence-electron chi connectivity index (χ2n) is 5.62. The van der Waals surface area contributed by atoms with Gasteiger partial charge in [-0.25, -0.2) is 4.98 Å². The van der Waals surface area contributed by atoms with E-state index in [9.17, 15) is 4.79 Å². The molecule has 0 aliphatic carbocycles. The van der Waals surface area contributed by atoms with Gasteiger partial charge in [0.2, 0.25) is 0 Å². The summed E-state index contributed by atoms with van der Waals surface area (Å²) in [6.45, 7) is 1.42. The van der Waals surface area contributed by atoms with Crippen molar-refractivity contribution in [3.63, 3.8) is 0 Å². The third-order valence-corrected chi connectivity index (χ3v) is 5.34. The van der Waals surface area contributed by atoms with E-state index in [1.54, 1.807) is 17.6 Å². The van der Waals surface area contributed by atoms with Gasteiger partial charge in [-0.2, -0.15) is 11.3 Å². The van der Waals surface area contributed by atoms with Crippen LogP contribution in [0.15, 0.2) is 49.8 Å². The molecule has 0 fully saturated rings. The molecule has 0 spiro atoms.